The number of aromatic amines is 1. The highest BCUT2D eigenvalue weighted by Crippen LogP contribution is 2.29. The van der Waals surface area contributed by atoms with Gasteiger partial charge in [-0.3, -0.25) is 9.88 Å². The lowest BCUT2D eigenvalue weighted by Gasteiger charge is -2.33. The molecule has 0 bridgehead atoms. The van der Waals surface area contributed by atoms with E-state index < -0.39 is 6.10 Å². The van der Waals surface area contributed by atoms with Gasteiger partial charge in [0.1, 0.15) is 11.9 Å². The number of pyridine rings is 1. The zero-order valence-corrected chi connectivity index (χ0v) is 13.3. The van der Waals surface area contributed by atoms with E-state index in [1.54, 1.807) is 12.4 Å². The van der Waals surface area contributed by atoms with Crippen LogP contribution in [0.15, 0.2) is 24.5 Å². The molecule has 1 unspecified atom stereocenters. The van der Waals surface area contributed by atoms with Crippen LogP contribution in [0.3, 0.4) is 0 Å². The van der Waals surface area contributed by atoms with Gasteiger partial charge in [0.25, 0.3) is 0 Å². The molecule has 5 nitrogen and oxygen atoms in total. The van der Waals surface area contributed by atoms with Crippen LogP contribution >= 0.6 is 0 Å². The molecule has 1 fully saturated rings. The number of nitrogens with zero attached hydrogens (tertiary/aromatic N) is 3. The van der Waals surface area contributed by atoms with Gasteiger partial charge in [0, 0.05) is 30.3 Å². The van der Waals surface area contributed by atoms with Crippen molar-refractivity contribution < 1.29 is 5.11 Å². The van der Waals surface area contributed by atoms with Gasteiger partial charge in [0.05, 0.1) is 0 Å². The lowest BCUT2D eigenvalue weighted by molar-refractivity contribution is 0.0514. The van der Waals surface area contributed by atoms with E-state index in [1.165, 1.54) is 5.56 Å². The molecule has 1 atom stereocenters. The van der Waals surface area contributed by atoms with Gasteiger partial charge in [0.2, 0.25) is 0 Å². The van der Waals surface area contributed by atoms with Crippen molar-refractivity contribution in [3.05, 3.63) is 47.3 Å². The summed E-state index contributed by atoms with van der Waals surface area (Å²) in [6.07, 6.45) is 4.99. The molecule has 0 saturated carbocycles. The van der Waals surface area contributed by atoms with E-state index in [-0.39, 0.29) is 0 Å². The van der Waals surface area contributed by atoms with Crippen LogP contribution in [0.5, 0.6) is 0 Å². The Balaban J connectivity index is 1.55. The highest BCUT2D eigenvalue weighted by molar-refractivity contribution is 5.21. The molecule has 2 aromatic rings. The smallest absolute Gasteiger partial charge is 0.135 e. The van der Waals surface area contributed by atoms with Gasteiger partial charge in [-0.2, -0.15) is 0 Å². The van der Waals surface area contributed by atoms with Crippen molar-refractivity contribution in [1.29, 1.82) is 0 Å². The molecular formula is C17H24N4O. The number of aryl methyl sites for hydroxylation is 2. The first kappa shape index (κ1) is 15.2. The number of rotatable bonds is 4. The molecule has 2 aromatic heterocycles. The maximum absolute atomic E-state index is 10.4. The Morgan fingerprint density at radius 2 is 2.09 bits per heavy atom. The Labute approximate surface area is 131 Å². The number of aromatic nitrogens is 3. The summed E-state index contributed by atoms with van der Waals surface area (Å²) in [5.74, 6) is 0.983. The van der Waals surface area contributed by atoms with Crippen LogP contribution in [0, 0.1) is 19.8 Å². The van der Waals surface area contributed by atoms with Gasteiger partial charge >= 0.3 is 0 Å². The van der Waals surface area contributed by atoms with E-state index in [0.29, 0.717) is 11.7 Å². The monoisotopic (exact) mass is 300 g/mol. The lowest BCUT2D eigenvalue weighted by Crippen LogP contribution is -2.35. The largest absolute Gasteiger partial charge is 0.385 e. The number of likely N-dealkylation sites (tertiary alicyclic amines) is 1. The Kier molecular flexibility index (Phi) is 4.55. The molecule has 0 spiro atoms. The third-order valence-corrected chi connectivity index (χ3v) is 4.61. The minimum atomic E-state index is -0.472. The van der Waals surface area contributed by atoms with Gasteiger partial charge in [-0.25, -0.2) is 4.98 Å². The summed E-state index contributed by atoms with van der Waals surface area (Å²) in [4.78, 5) is 14.2. The summed E-state index contributed by atoms with van der Waals surface area (Å²) in [6, 6.07) is 4.26. The molecule has 1 aliphatic heterocycles. The van der Waals surface area contributed by atoms with Crippen molar-refractivity contribution in [3.63, 3.8) is 0 Å². The van der Waals surface area contributed by atoms with E-state index in [4.69, 9.17) is 0 Å². The molecular weight excluding hydrogens is 276 g/mol. The standard InChI is InChI=1S/C17H24N4O/c1-12-3-4-15(13(2)20-12)11-21-9-5-14(6-10-21)16(22)17-18-7-8-19-17/h3-4,7-8,14,16,22H,5-6,9-11H2,1-2H3,(H,18,19). The molecule has 22 heavy (non-hydrogen) atoms. The van der Waals surface area contributed by atoms with Gasteiger partial charge in [-0.15, -0.1) is 0 Å². The summed E-state index contributed by atoms with van der Waals surface area (Å²) in [5.41, 5.74) is 3.50. The summed E-state index contributed by atoms with van der Waals surface area (Å²) in [5, 5.41) is 10.4. The van der Waals surface area contributed by atoms with E-state index in [9.17, 15) is 5.11 Å². The average Bonchev–Trinajstić information content (AvgIpc) is 3.04. The third-order valence-electron chi connectivity index (χ3n) is 4.61. The van der Waals surface area contributed by atoms with E-state index in [1.807, 2.05) is 6.92 Å². The Hall–Kier alpha value is -1.72. The van der Waals surface area contributed by atoms with Crippen LogP contribution in [0.4, 0.5) is 0 Å². The predicted octanol–water partition coefficient (Wildman–Crippen LogP) is 2.37. The summed E-state index contributed by atoms with van der Waals surface area (Å²) in [7, 11) is 0. The number of aliphatic hydroxyl groups is 1. The highest BCUT2D eigenvalue weighted by Gasteiger charge is 2.27. The first-order valence-electron chi connectivity index (χ1n) is 7.96. The maximum Gasteiger partial charge on any atom is 0.135 e. The molecule has 3 heterocycles. The number of hydrogen-bond acceptors (Lipinski definition) is 4. The molecule has 2 N–H and O–H groups in total. The van der Waals surface area contributed by atoms with Gasteiger partial charge in [0.15, 0.2) is 0 Å². The first-order chi connectivity index (χ1) is 10.6. The fraction of sp³-hybridized carbons (Fsp3) is 0.529. The number of imidazole rings is 1. The van der Waals surface area contributed by atoms with Crippen molar-refractivity contribution in [3.8, 4) is 0 Å². The molecule has 0 aliphatic carbocycles. The fourth-order valence-corrected chi connectivity index (χ4v) is 3.21. The van der Waals surface area contributed by atoms with Crippen molar-refractivity contribution in [2.24, 2.45) is 5.92 Å². The Morgan fingerprint density at radius 1 is 1.32 bits per heavy atom. The van der Waals surface area contributed by atoms with Crippen LogP contribution in [0.2, 0.25) is 0 Å². The zero-order chi connectivity index (χ0) is 15.5. The lowest BCUT2D eigenvalue weighted by atomic mass is 9.90. The molecule has 3 rings (SSSR count). The van der Waals surface area contributed by atoms with Crippen LogP contribution in [-0.4, -0.2) is 38.0 Å². The number of hydrogen-bond donors (Lipinski definition) is 2. The number of piperidine rings is 1. The van der Waals surface area contributed by atoms with Crippen molar-refractivity contribution in [2.45, 2.75) is 39.3 Å². The van der Waals surface area contributed by atoms with Crippen LogP contribution in [0.1, 0.15) is 41.7 Å². The fourth-order valence-electron chi connectivity index (χ4n) is 3.21. The molecule has 5 heteroatoms. The number of nitrogens with one attached hydrogen (secondary N) is 1. The van der Waals surface area contributed by atoms with Gasteiger partial charge < -0.3 is 10.1 Å². The second-order valence-corrected chi connectivity index (χ2v) is 6.23. The maximum atomic E-state index is 10.4. The Morgan fingerprint density at radius 3 is 2.73 bits per heavy atom. The minimum Gasteiger partial charge on any atom is -0.385 e. The molecule has 1 aliphatic rings. The summed E-state index contributed by atoms with van der Waals surface area (Å²) in [6.45, 7) is 7.07. The average molecular weight is 300 g/mol. The van der Waals surface area contributed by atoms with Crippen molar-refractivity contribution in [1.82, 2.24) is 19.9 Å². The molecule has 1 saturated heterocycles. The highest BCUT2D eigenvalue weighted by atomic mass is 16.3. The second-order valence-electron chi connectivity index (χ2n) is 6.23. The molecule has 118 valence electrons. The summed E-state index contributed by atoms with van der Waals surface area (Å²) >= 11 is 0. The molecule has 0 radical (unpaired) electrons. The van der Waals surface area contributed by atoms with Gasteiger partial charge in [-0.1, -0.05) is 6.07 Å². The summed E-state index contributed by atoms with van der Waals surface area (Å²) < 4.78 is 0. The predicted molar refractivity (Wildman–Crippen MR) is 85.3 cm³/mol. The molecule has 0 aromatic carbocycles. The first-order valence-corrected chi connectivity index (χ1v) is 7.96. The van der Waals surface area contributed by atoms with E-state index in [0.717, 1.165) is 43.9 Å². The SMILES string of the molecule is Cc1ccc(CN2CCC(C(O)c3ncc[nH]3)CC2)c(C)n1. The number of aliphatic hydroxyl groups excluding tert-OH is 1. The third kappa shape index (κ3) is 3.36. The van der Waals surface area contributed by atoms with Crippen LogP contribution < -0.4 is 0 Å². The number of H-pyrrole nitrogens is 1. The zero-order valence-electron chi connectivity index (χ0n) is 13.3. The van der Waals surface area contributed by atoms with Crippen LogP contribution in [-0.2, 0) is 6.54 Å². The van der Waals surface area contributed by atoms with Crippen molar-refractivity contribution >= 4 is 0 Å². The quantitative estimate of drug-likeness (QED) is 0.910. The van der Waals surface area contributed by atoms with Crippen molar-refractivity contribution in [2.75, 3.05) is 13.1 Å². The second kappa shape index (κ2) is 6.58. The Bertz CT molecular complexity index is 603. The normalized spacial score (nSPS) is 18.5. The minimum absolute atomic E-state index is 0.291. The molecule has 0 amide bonds. The van der Waals surface area contributed by atoms with Crippen LogP contribution in [0.25, 0.3) is 0 Å². The van der Waals surface area contributed by atoms with Gasteiger partial charge in [-0.05, 0) is 57.3 Å². The van der Waals surface area contributed by atoms with E-state index >= 15 is 0 Å². The van der Waals surface area contributed by atoms with E-state index in [2.05, 4.69) is 38.9 Å². The topological polar surface area (TPSA) is 65.0 Å².